The molecule has 1 saturated heterocycles. The Morgan fingerprint density at radius 1 is 1.44 bits per heavy atom. The van der Waals surface area contributed by atoms with Gasteiger partial charge in [-0.15, -0.1) is 0 Å². The van der Waals surface area contributed by atoms with E-state index in [1.807, 2.05) is 18.2 Å². The summed E-state index contributed by atoms with van der Waals surface area (Å²) in [6.07, 6.45) is 0. The molecule has 1 aromatic carbocycles. The van der Waals surface area contributed by atoms with Crippen molar-refractivity contribution in [2.45, 2.75) is 25.8 Å². The molecule has 1 aromatic rings. The highest BCUT2D eigenvalue weighted by Crippen LogP contribution is 2.29. The number of nitrogens with zero attached hydrogens (tertiary/aromatic N) is 1. The van der Waals surface area contributed by atoms with E-state index < -0.39 is 0 Å². The molecule has 1 atom stereocenters. The second-order valence-corrected chi connectivity index (χ2v) is 4.88. The number of hydrogen-bond acceptors (Lipinski definition) is 3. The molecule has 0 bridgehead atoms. The molecule has 1 fully saturated rings. The fraction of sp³-hybridized carbons (Fsp3) is 0.500. The highest BCUT2D eigenvalue weighted by atomic mass is 16.5. The molecule has 2 rings (SSSR count). The zero-order chi connectivity index (χ0) is 13.1. The van der Waals surface area contributed by atoms with Gasteiger partial charge in [-0.05, 0) is 17.5 Å². The molecule has 0 spiro atoms. The summed E-state index contributed by atoms with van der Waals surface area (Å²) in [5.41, 5.74) is 7.89. The highest BCUT2D eigenvalue weighted by molar-refractivity contribution is 5.96. The van der Waals surface area contributed by atoms with Crippen LogP contribution in [0.3, 0.4) is 0 Å². The van der Waals surface area contributed by atoms with Gasteiger partial charge in [-0.25, -0.2) is 0 Å². The maximum absolute atomic E-state index is 12.1. The molecule has 0 radical (unpaired) electrons. The van der Waals surface area contributed by atoms with Crippen molar-refractivity contribution in [1.29, 1.82) is 0 Å². The number of nitrogens with two attached hydrogens (primary N) is 1. The van der Waals surface area contributed by atoms with E-state index >= 15 is 0 Å². The molecule has 1 aliphatic heterocycles. The smallest absolute Gasteiger partial charge is 0.253 e. The molecule has 0 aromatic heterocycles. The Bertz CT molecular complexity index is 432. The quantitative estimate of drug-likeness (QED) is 0.882. The molecule has 1 heterocycles. The summed E-state index contributed by atoms with van der Waals surface area (Å²) < 4.78 is 5.27. The highest BCUT2D eigenvalue weighted by Gasteiger charge is 2.30. The first-order valence-electron chi connectivity index (χ1n) is 6.34. The fourth-order valence-corrected chi connectivity index (χ4v) is 2.33. The maximum Gasteiger partial charge on any atom is 0.253 e. The van der Waals surface area contributed by atoms with Crippen LogP contribution in [0, 0.1) is 0 Å². The van der Waals surface area contributed by atoms with Gasteiger partial charge in [0.15, 0.2) is 0 Å². The normalized spacial score (nSPS) is 20.6. The number of carbonyl (C=O) groups is 1. The summed E-state index contributed by atoms with van der Waals surface area (Å²) in [6, 6.07) is 7.95. The molecule has 18 heavy (non-hydrogen) atoms. The van der Waals surface area contributed by atoms with Crippen LogP contribution in [0.25, 0.3) is 0 Å². The molecule has 0 aliphatic carbocycles. The number of amides is 1. The van der Waals surface area contributed by atoms with Crippen molar-refractivity contribution in [3.8, 4) is 0 Å². The van der Waals surface area contributed by atoms with Crippen LogP contribution < -0.4 is 10.6 Å². The third-order valence-electron chi connectivity index (χ3n) is 3.26. The van der Waals surface area contributed by atoms with Gasteiger partial charge in [-0.2, -0.15) is 0 Å². The van der Waals surface area contributed by atoms with Crippen LogP contribution >= 0.6 is 0 Å². The average Bonchev–Trinajstić information content (AvgIpc) is 2.38. The Morgan fingerprint density at radius 3 is 2.83 bits per heavy atom. The van der Waals surface area contributed by atoms with Gasteiger partial charge >= 0.3 is 0 Å². The molecular formula is C14H20N2O2. The zero-order valence-electron chi connectivity index (χ0n) is 10.9. The van der Waals surface area contributed by atoms with E-state index in [1.54, 1.807) is 4.90 Å². The van der Waals surface area contributed by atoms with Crippen LogP contribution in [0.5, 0.6) is 0 Å². The first kappa shape index (κ1) is 13.1. The van der Waals surface area contributed by atoms with E-state index in [-0.39, 0.29) is 18.6 Å². The van der Waals surface area contributed by atoms with E-state index in [4.69, 9.17) is 10.5 Å². The summed E-state index contributed by atoms with van der Waals surface area (Å²) in [6.45, 7) is 5.32. The first-order chi connectivity index (χ1) is 8.65. The van der Waals surface area contributed by atoms with E-state index in [0.29, 0.717) is 19.1 Å². The monoisotopic (exact) mass is 248 g/mol. The lowest BCUT2D eigenvalue weighted by molar-refractivity contribution is -0.127. The van der Waals surface area contributed by atoms with Crippen LogP contribution in [-0.4, -0.2) is 31.7 Å². The Morgan fingerprint density at radius 2 is 2.17 bits per heavy atom. The maximum atomic E-state index is 12.1. The van der Waals surface area contributed by atoms with E-state index in [9.17, 15) is 4.79 Å². The Labute approximate surface area is 108 Å². The van der Waals surface area contributed by atoms with Crippen molar-refractivity contribution in [1.82, 2.24) is 0 Å². The van der Waals surface area contributed by atoms with Crippen LogP contribution in [0.4, 0.5) is 5.69 Å². The fourth-order valence-electron chi connectivity index (χ4n) is 2.33. The second kappa shape index (κ2) is 5.50. The van der Waals surface area contributed by atoms with Crippen molar-refractivity contribution in [3.63, 3.8) is 0 Å². The SMILES string of the molecule is CC(C)c1ccccc1N1C(=O)COCC1CN. The number of benzene rings is 1. The van der Waals surface area contributed by atoms with Gasteiger partial charge in [0.25, 0.3) is 5.91 Å². The average molecular weight is 248 g/mol. The largest absolute Gasteiger partial charge is 0.369 e. The van der Waals surface area contributed by atoms with Crippen LogP contribution in [-0.2, 0) is 9.53 Å². The third-order valence-corrected chi connectivity index (χ3v) is 3.26. The Balaban J connectivity index is 2.41. The topological polar surface area (TPSA) is 55.6 Å². The molecule has 0 saturated carbocycles. The molecule has 4 nitrogen and oxygen atoms in total. The number of carbonyl (C=O) groups excluding carboxylic acids is 1. The van der Waals surface area contributed by atoms with Gasteiger partial charge in [0, 0.05) is 12.2 Å². The van der Waals surface area contributed by atoms with Gasteiger partial charge in [-0.3, -0.25) is 4.79 Å². The molecule has 2 N–H and O–H groups in total. The van der Waals surface area contributed by atoms with E-state index in [2.05, 4.69) is 19.9 Å². The van der Waals surface area contributed by atoms with Gasteiger partial charge in [0.1, 0.15) is 6.61 Å². The van der Waals surface area contributed by atoms with Gasteiger partial charge in [-0.1, -0.05) is 32.0 Å². The van der Waals surface area contributed by atoms with E-state index in [1.165, 1.54) is 5.56 Å². The predicted molar refractivity (Wildman–Crippen MR) is 71.7 cm³/mol. The van der Waals surface area contributed by atoms with Crippen LogP contribution in [0.15, 0.2) is 24.3 Å². The molecular weight excluding hydrogens is 228 g/mol. The summed E-state index contributed by atoms with van der Waals surface area (Å²) >= 11 is 0. The van der Waals surface area contributed by atoms with E-state index in [0.717, 1.165) is 5.69 Å². The summed E-state index contributed by atoms with van der Waals surface area (Å²) in [5.74, 6) is 0.361. The second-order valence-electron chi connectivity index (χ2n) is 4.88. The lowest BCUT2D eigenvalue weighted by Crippen LogP contribution is -2.53. The molecule has 1 amide bonds. The number of rotatable bonds is 3. The van der Waals surface area contributed by atoms with Crippen molar-refractivity contribution >= 4 is 11.6 Å². The van der Waals surface area contributed by atoms with Crippen molar-refractivity contribution in [2.24, 2.45) is 5.73 Å². The van der Waals surface area contributed by atoms with Crippen molar-refractivity contribution < 1.29 is 9.53 Å². The third kappa shape index (κ3) is 2.40. The minimum Gasteiger partial charge on any atom is -0.369 e. The molecule has 1 unspecified atom stereocenters. The minimum absolute atomic E-state index is 0.00944. The lowest BCUT2D eigenvalue weighted by Gasteiger charge is -2.36. The Kier molecular flexibility index (Phi) is 3.99. The van der Waals surface area contributed by atoms with Gasteiger partial charge < -0.3 is 15.4 Å². The summed E-state index contributed by atoms with van der Waals surface area (Å²) in [4.78, 5) is 13.9. The summed E-state index contributed by atoms with van der Waals surface area (Å²) in [7, 11) is 0. The summed E-state index contributed by atoms with van der Waals surface area (Å²) in [5, 5.41) is 0. The Hall–Kier alpha value is -1.39. The molecule has 98 valence electrons. The van der Waals surface area contributed by atoms with Gasteiger partial charge in [0.05, 0.1) is 12.6 Å². The molecule has 1 aliphatic rings. The standard InChI is InChI=1S/C14H20N2O2/c1-10(2)12-5-3-4-6-13(12)16-11(7-15)8-18-9-14(16)17/h3-6,10-11H,7-9,15H2,1-2H3. The number of morpholine rings is 1. The van der Waals surface area contributed by atoms with Crippen molar-refractivity contribution in [2.75, 3.05) is 24.7 Å². The lowest BCUT2D eigenvalue weighted by atomic mass is 9.99. The van der Waals surface area contributed by atoms with Gasteiger partial charge in [0.2, 0.25) is 0 Å². The first-order valence-corrected chi connectivity index (χ1v) is 6.34. The zero-order valence-corrected chi connectivity index (χ0v) is 10.9. The number of hydrogen-bond donors (Lipinski definition) is 1. The van der Waals surface area contributed by atoms with Crippen LogP contribution in [0.1, 0.15) is 25.3 Å². The van der Waals surface area contributed by atoms with Crippen molar-refractivity contribution in [3.05, 3.63) is 29.8 Å². The minimum atomic E-state index is -0.0638. The predicted octanol–water partition coefficient (Wildman–Crippen LogP) is 1.50. The number of ether oxygens (including phenoxy) is 1. The number of anilines is 1. The number of para-hydroxylation sites is 1. The van der Waals surface area contributed by atoms with Crippen LogP contribution in [0.2, 0.25) is 0 Å². The molecule has 4 heteroatoms.